The van der Waals surface area contributed by atoms with Crippen LogP contribution in [0.25, 0.3) is 5.69 Å². The lowest BCUT2D eigenvalue weighted by Crippen LogP contribution is -2.41. The maximum absolute atomic E-state index is 12.2. The van der Waals surface area contributed by atoms with Gasteiger partial charge in [-0.3, -0.25) is 0 Å². The van der Waals surface area contributed by atoms with Crippen LogP contribution in [0.3, 0.4) is 0 Å². The molecule has 1 atom stereocenters. The van der Waals surface area contributed by atoms with E-state index in [0.29, 0.717) is 13.1 Å². The molecule has 1 aromatic carbocycles. The molecule has 8 heteroatoms. The number of nitrogens with one attached hydrogen (secondary N) is 1. The zero-order chi connectivity index (χ0) is 16.2. The molecule has 0 spiro atoms. The van der Waals surface area contributed by atoms with Crippen molar-refractivity contribution >= 4 is 10.2 Å². The molecule has 0 saturated heterocycles. The maximum atomic E-state index is 12.2. The molecule has 0 aliphatic carbocycles. The molecule has 1 aromatic heterocycles. The Hall–Kier alpha value is -1.77. The first-order valence-corrected chi connectivity index (χ1v) is 8.64. The van der Waals surface area contributed by atoms with E-state index in [9.17, 15) is 8.42 Å². The molecule has 120 valence electrons. The van der Waals surface area contributed by atoms with Gasteiger partial charge in [-0.1, -0.05) is 26.0 Å². The second-order valence-corrected chi connectivity index (χ2v) is 6.56. The molecular weight excluding hydrogens is 302 g/mol. The van der Waals surface area contributed by atoms with Crippen LogP contribution in [0.1, 0.15) is 32.4 Å². The van der Waals surface area contributed by atoms with Crippen LogP contribution in [-0.4, -0.2) is 40.6 Å². The summed E-state index contributed by atoms with van der Waals surface area (Å²) in [7, 11) is -3.47. The minimum Gasteiger partial charge on any atom is -0.223 e. The lowest BCUT2D eigenvalue weighted by Gasteiger charge is -2.22. The summed E-state index contributed by atoms with van der Waals surface area (Å²) >= 11 is 0. The fourth-order valence-electron chi connectivity index (χ4n) is 2.19. The molecule has 0 unspecified atom stereocenters. The van der Waals surface area contributed by atoms with Gasteiger partial charge in [0, 0.05) is 19.1 Å². The van der Waals surface area contributed by atoms with Gasteiger partial charge in [0.25, 0.3) is 10.2 Å². The average molecular weight is 323 g/mol. The minimum atomic E-state index is -3.47. The van der Waals surface area contributed by atoms with Crippen LogP contribution in [0.4, 0.5) is 0 Å². The Morgan fingerprint density at radius 2 is 1.86 bits per heavy atom. The zero-order valence-corrected chi connectivity index (χ0v) is 13.8. The SMILES string of the molecule is CCN(CC)S(=O)(=O)N[C@H](C)c1ccc(-n2cncn2)cc1. The Morgan fingerprint density at radius 3 is 2.36 bits per heavy atom. The molecule has 0 amide bonds. The van der Waals surface area contributed by atoms with Gasteiger partial charge in [-0.05, 0) is 24.6 Å². The Labute approximate surface area is 131 Å². The molecule has 0 fully saturated rings. The van der Waals surface area contributed by atoms with Gasteiger partial charge in [-0.2, -0.15) is 22.5 Å². The quantitative estimate of drug-likeness (QED) is 0.837. The van der Waals surface area contributed by atoms with Crippen LogP contribution in [0, 0.1) is 0 Å². The monoisotopic (exact) mass is 323 g/mol. The standard InChI is InChI=1S/C14H21N5O2S/c1-4-18(5-2)22(20,21)17-12(3)13-6-8-14(9-7-13)19-11-15-10-16-19/h6-12,17H,4-5H2,1-3H3/t12-/m1/s1. The van der Waals surface area contributed by atoms with Crippen molar-refractivity contribution < 1.29 is 8.42 Å². The summed E-state index contributed by atoms with van der Waals surface area (Å²) in [6.45, 7) is 6.36. The van der Waals surface area contributed by atoms with Crippen LogP contribution < -0.4 is 4.72 Å². The summed E-state index contributed by atoms with van der Waals surface area (Å²) in [6, 6.07) is 7.22. The first-order valence-electron chi connectivity index (χ1n) is 7.20. The molecule has 1 heterocycles. The zero-order valence-electron chi connectivity index (χ0n) is 13.0. The number of nitrogens with zero attached hydrogens (tertiary/aromatic N) is 4. The highest BCUT2D eigenvalue weighted by atomic mass is 32.2. The van der Waals surface area contributed by atoms with Crippen LogP contribution >= 0.6 is 0 Å². The van der Waals surface area contributed by atoms with Crippen LogP contribution in [0.2, 0.25) is 0 Å². The van der Waals surface area contributed by atoms with Gasteiger partial charge < -0.3 is 0 Å². The van der Waals surface area contributed by atoms with Gasteiger partial charge in [0.1, 0.15) is 12.7 Å². The van der Waals surface area contributed by atoms with Gasteiger partial charge in [0.15, 0.2) is 0 Å². The fraction of sp³-hybridized carbons (Fsp3) is 0.429. The number of rotatable bonds is 7. The summed E-state index contributed by atoms with van der Waals surface area (Å²) in [4.78, 5) is 3.90. The average Bonchev–Trinajstić information content (AvgIpc) is 3.02. The van der Waals surface area contributed by atoms with Gasteiger partial charge in [-0.25, -0.2) is 9.67 Å². The maximum Gasteiger partial charge on any atom is 0.279 e. The molecule has 2 rings (SSSR count). The third-order valence-electron chi connectivity index (χ3n) is 3.45. The lowest BCUT2D eigenvalue weighted by molar-refractivity contribution is 0.429. The predicted molar refractivity (Wildman–Crippen MR) is 84.8 cm³/mol. The third-order valence-corrected chi connectivity index (χ3v) is 5.30. The van der Waals surface area contributed by atoms with E-state index in [1.165, 1.54) is 10.6 Å². The van der Waals surface area contributed by atoms with E-state index < -0.39 is 10.2 Å². The van der Waals surface area contributed by atoms with Crippen molar-refractivity contribution in [3.05, 3.63) is 42.5 Å². The summed E-state index contributed by atoms with van der Waals surface area (Å²) < 4.78 is 30.2. The van der Waals surface area contributed by atoms with Crippen molar-refractivity contribution in [1.29, 1.82) is 0 Å². The van der Waals surface area contributed by atoms with Gasteiger partial charge in [0.05, 0.1) is 5.69 Å². The summed E-state index contributed by atoms with van der Waals surface area (Å²) in [5, 5.41) is 4.05. The molecule has 1 N–H and O–H groups in total. The fourth-order valence-corrected chi connectivity index (χ4v) is 3.60. The van der Waals surface area contributed by atoms with Gasteiger partial charge in [-0.15, -0.1) is 0 Å². The van der Waals surface area contributed by atoms with Crippen molar-refractivity contribution in [3.8, 4) is 5.69 Å². The van der Waals surface area contributed by atoms with Gasteiger partial charge >= 0.3 is 0 Å². The van der Waals surface area contributed by atoms with E-state index in [-0.39, 0.29) is 6.04 Å². The molecule has 0 aliphatic rings. The highest BCUT2D eigenvalue weighted by Crippen LogP contribution is 2.16. The third kappa shape index (κ3) is 3.70. The van der Waals surface area contributed by atoms with Crippen LogP contribution in [0.5, 0.6) is 0 Å². The molecular formula is C14H21N5O2S. The number of hydrogen-bond acceptors (Lipinski definition) is 4. The normalized spacial score (nSPS) is 13.5. The summed E-state index contributed by atoms with van der Waals surface area (Å²) in [5.41, 5.74) is 1.76. The number of hydrogen-bond donors (Lipinski definition) is 1. The molecule has 7 nitrogen and oxygen atoms in total. The smallest absolute Gasteiger partial charge is 0.223 e. The predicted octanol–water partition coefficient (Wildman–Crippen LogP) is 1.50. The molecule has 0 radical (unpaired) electrons. The first-order chi connectivity index (χ1) is 10.5. The van der Waals surface area contributed by atoms with Crippen molar-refractivity contribution in [2.75, 3.05) is 13.1 Å². The van der Waals surface area contributed by atoms with Crippen molar-refractivity contribution in [1.82, 2.24) is 23.8 Å². The van der Waals surface area contributed by atoms with E-state index >= 15 is 0 Å². The van der Waals surface area contributed by atoms with E-state index in [1.807, 2.05) is 45.0 Å². The van der Waals surface area contributed by atoms with E-state index in [2.05, 4.69) is 14.8 Å². The molecule has 0 aliphatic heterocycles. The second-order valence-electron chi connectivity index (χ2n) is 4.86. The van der Waals surface area contributed by atoms with Crippen molar-refractivity contribution in [2.45, 2.75) is 26.8 Å². The largest absolute Gasteiger partial charge is 0.279 e. The molecule has 0 saturated carbocycles. The number of benzene rings is 1. The summed E-state index contributed by atoms with van der Waals surface area (Å²) in [5.74, 6) is 0. The summed E-state index contributed by atoms with van der Waals surface area (Å²) in [6.07, 6.45) is 3.08. The number of aromatic nitrogens is 3. The Bertz CT molecular complexity index is 679. The Balaban J connectivity index is 2.11. The Kier molecular flexibility index (Phi) is 5.28. The first kappa shape index (κ1) is 16.6. The van der Waals surface area contributed by atoms with Crippen LogP contribution in [-0.2, 0) is 10.2 Å². The molecule has 0 bridgehead atoms. The molecule has 2 aromatic rings. The minimum absolute atomic E-state index is 0.310. The topological polar surface area (TPSA) is 80.1 Å². The highest BCUT2D eigenvalue weighted by Gasteiger charge is 2.21. The second kappa shape index (κ2) is 6.99. The highest BCUT2D eigenvalue weighted by molar-refractivity contribution is 7.87. The Morgan fingerprint density at radius 1 is 1.23 bits per heavy atom. The van der Waals surface area contributed by atoms with E-state index in [0.717, 1.165) is 11.3 Å². The van der Waals surface area contributed by atoms with Crippen LogP contribution in [0.15, 0.2) is 36.9 Å². The van der Waals surface area contributed by atoms with Gasteiger partial charge in [0.2, 0.25) is 0 Å². The lowest BCUT2D eigenvalue weighted by atomic mass is 10.1. The molecule has 22 heavy (non-hydrogen) atoms. The van der Waals surface area contributed by atoms with E-state index in [4.69, 9.17) is 0 Å². The van der Waals surface area contributed by atoms with E-state index in [1.54, 1.807) is 11.0 Å². The van der Waals surface area contributed by atoms with Crippen molar-refractivity contribution in [3.63, 3.8) is 0 Å². The van der Waals surface area contributed by atoms with Crippen molar-refractivity contribution in [2.24, 2.45) is 0 Å².